The fourth-order valence-corrected chi connectivity index (χ4v) is 1.27. The molecule has 1 atom stereocenters. The molecule has 0 radical (unpaired) electrons. The second kappa shape index (κ2) is 4.33. The van der Waals surface area contributed by atoms with E-state index in [-0.39, 0.29) is 5.82 Å². The van der Waals surface area contributed by atoms with Crippen LogP contribution in [0.25, 0.3) is 0 Å². The van der Waals surface area contributed by atoms with Crippen LogP contribution in [-0.4, -0.2) is 31.2 Å². The van der Waals surface area contributed by atoms with E-state index in [0.717, 1.165) is 0 Å². The molecule has 0 aliphatic carbocycles. The van der Waals surface area contributed by atoms with Crippen LogP contribution in [0.15, 0.2) is 0 Å². The molecule has 0 saturated heterocycles. The highest BCUT2D eigenvalue weighted by atomic mass is 16.6. The number of aryl methyl sites for hydroxylation is 1. The average molecular weight is 242 g/mol. The zero-order valence-electron chi connectivity index (χ0n) is 10.7. The molecule has 17 heavy (non-hydrogen) atoms. The van der Waals surface area contributed by atoms with Gasteiger partial charge in [0.15, 0.2) is 0 Å². The normalized spacial score (nSPS) is 13.5. The summed E-state index contributed by atoms with van der Waals surface area (Å²) in [5.41, 5.74) is -0.676. The van der Waals surface area contributed by atoms with Crippen LogP contribution in [0.1, 0.15) is 26.6 Å². The molecule has 1 heterocycles. The molecule has 7 nitrogen and oxygen atoms in total. The minimum Gasteiger partial charge on any atom is -0.391 e. The summed E-state index contributed by atoms with van der Waals surface area (Å²) < 4.78 is 1.60. The third-order valence-corrected chi connectivity index (χ3v) is 2.96. The summed E-state index contributed by atoms with van der Waals surface area (Å²) >= 11 is 0. The number of imidazole rings is 1. The van der Waals surface area contributed by atoms with Gasteiger partial charge >= 0.3 is 5.82 Å². The molecule has 0 aromatic carbocycles. The van der Waals surface area contributed by atoms with Crippen molar-refractivity contribution in [3.63, 3.8) is 0 Å². The number of anilines is 1. The minimum atomic E-state index is -0.676. The number of hydrogen-bond donors (Lipinski definition) is 2. The van der Waals surface area contributed by atoms with Crippen LogP contribution in [0.4, 0.5) is 11.6 Å². The second-order valence-electron chi connectivity index (χ2n) is 4.67. The maximum absolute atomic E-state index is 10.9. The van der Waals surface area contributed by atoms with Gasteiger partial charge in [-0.15, -0.1) is 0 Å². The Bertz CT molecular complexity index is 437. The summed E-state index contributed by atoms with van der Waals surface area (Å²) in [7, 11) is 1.69. The van der Waals surface area contributed by atoms with Crippen molar-refractivity contribution in [3.05, 3.63) is 15.9 Å². The summed E-state index contributed by atoms with van der Waals surface area (Å²) in [6, 6.07) is 0. The maximum atomic E-state index is 10.9. The lowest BCUT2D eigenvalue weighted by molar-refractivity contribution is -0.388. The lowest BCUT2D eigenvalue weighted by Crippen LogP contribution is -2.42. The molecule has 2 N–H and O–H groups in total. The van der Waals surface area contributed by atoms with Gasteiger partial charge in [0.25, 0.3) is 0 Å². The van der Waals surface area contributed by atoms with Gasteiger partial charge in [-0.1, -0.05) is 0 Å². The molecule has 0 aliphatic rings. The van der Waals surface area contributed by atoms with Crippen molar-refractivity contribution in [2.45, 2.75) is 39.3 Å². The highest BCUT2D eigenvalue weighted by Gasteiger charge is 2.31. The van der Waals surface area contributed by atoms with Crippen LogP contribution >= 0.6 is 0 Å². The van der Waals surface area contributed by atoms with Gasteiger partial charge in [0.1, 0.15) is 0 Å². The molecule has 1 rings (SSSR count). The molecular formula is C10H18N4O3. The third kappa shape index (κ3) is 2.55. The Labute approximate surface area is 99.6 Å². The Balaban J connectivity index is 3.18. The summed E-state index contributed by atoms with van der Waals surface area (Å²) in [6.07, 6.45) is -0.655. The smallest absolute Gasteiger partial charge is 0.391 e. The predicted molar refractivity (Wildman–Crippen MR) is 64.0 cm³/mol. The van der Waals surface area contributed by atoms with E-state index in [9.17, 15) is 15.2 Å². The first-order valence-corrected chi connectivity index (χ1v) is 5.30. The first-order valence-electron chi connectivity index (χ1n) is 5.30. The number of aliphatic hydroxyl groups excluding tert-OH is 1. The Morgan fingerprint density at radius 3 is 2.53 bits per heavy atom. The van der Waals surface area contributed by atoms with Crippen molar-refractivity contribution in [2.75, 3.05) is 5.32 Å². The van der Waals surface area contributed by atoms with Crippen LogP contribution in [0, 0.1) is 17.0 Å². The molecule has 1 unspecified atom stereocenters. The van der Waals surface area contributed by atoms with E-state index < -0.39 is 16.6 Å². The van der Waals surface area contributed by atoms with Crippen LogP contribution in [-0.2, 0) is 7.05 Å². The van der Waals surface area contributed by atoms with Crippen molar-refractivity contribution < 1.29 is 10.0 Å². The standard InChI is InChI=1S/C10H18N4O3/c1-6(15)10(3,4)12-9-8(14(16)17)11-7(2)13(9)5/h6,12,15H,1-5H3. The van der Waals surface area contributed by atoms with Gasteiger partial charge in [0, 0.05) is 14.0 Å². The van der Waals surface area contributed by atoms with Crippen molar-refractivity contribution >= 4 is 11.6 Å². The zero-order chi connectivity index (χ0) is 13.4. The summed E-state index contributed by atoms with van der Waals surface area (Å²) in [4.78, 5) is 14.2. The van der Waals surface area contributed by atoms with E-state index in [1.165, 1.54) is 0 Å². The summed E-state index contributed by atoms with van der Waals surface area (Å²) in [6.45, 7) is 6.85. The topological polar surface area (TPSA) is 93.2 Å². The molecule has 0 aliphatic heterocycles. The molecule has 1 aromatic heterocycles. The largest absolute Gasteiger partial charge is 0.406 e. The van der Waals surface area contributed by atoms with Crippen LogP contribution in [0.2, 0.25) is 0 Å². The Hall–Kier alpha value is -1.63. The van der Waals surface area contributed by atoms with Gasteiger partial charge in [0.2, 0.25) is 11.6 Å². The van der Waals surface area contributed by atoms with Gasteiger partial charge < -0.3 is 20.5 Å². The first kappa shape index (κ1) is 13.4. The first-order chi connectivity index (χ1) is 7.66. The molecular weight excluding hydrogens is 224 g/mol. The molecule has 0 spiro atoms. The predicted octanol–water partition coefficient (Wildman–Crippen LogP) is 1.21. The molecule has 0 amide bonds. The van der Waals surface area contributed by atoms with Gasteiger partial charge in [-0.25, -0.2) is 0 Å². The van der Waals surface area contributed by atoms with Gasteiger partial charge in [-0.3, -0.25) is 4.57 Å². The van der Waals surface area contributed by atoms with Crippen molar-refractivity contribution in [3.8, 4) is 0 Å². The average Bonchev–Trinajstić information content (AvgIpc) is 2.45. The van der Waals surface area contributed by atoms with Crippen molar-refractivity contribution in [1.82, 2.24) is 9.55 Å². The minimum absolute atomic E-state index is 0.223. The number of aromatic nitrogens is 2. The van der Waals surface area contributed by atoms with Crippen molar-refractivity contribution in [1.29, 1.82) is 0 Å². The number of nitrogens with one attached hydrogen (secondary N) is 1. The lowest BCUT2D eigenvalue weighted by atomic mass is 9.99. The fourth-order valence-electron chi connectivity index (χ4n) is 1.27. The van der Waals surface area contributed by atoms with Crippen LogP contribution < -0.4 is 5.32 Å². The highest BCUT2D eigenvalue weighted by molar-refractivity contribution is 5.55. The number of aliphatic hydroxyl groups is 1. The van der Waals surface area contributed by atoms with E-state index >= 15 is 0 Å². The summed E-state index contributed by atoms with van der Waals surface area (Å²) in [5, 5.41) is 23.4. The Morgan fingerprint density at radius 1 is 1.59 bits per heavy atom. The van der Waals surface area contributed by atoms with Crippen LogP contribution in [0.5, 0.6) is 0 Å². The van der Waals surface area contributed by atoms with E-state index in [2.05, 4.69) is 10.3 Å². The Morgan fingerprint density at radius 2 is 2.12 bits per heavy atom. The summed E-state index contributed by atoms with van der Waals surface area (Å²) in [5.74, 6) is 0.623. The number of nitrogens with zero attached hydrogens (tertiary/aromatic N) is 3. The molecule has 0 fully saturated rings. The quantitative estimate of drug-likeness (QED) is 0.611. The van der Waals surface area contributed by atoms with E-state index in [1.54, 1.807) is 39.3 Å². The third-order valence-electron chi connectivity index (χ3n) is 2.96. The number of hydrogen-bond acceptors (Lipinski definition) is 5. The number of nitro groups is 1. The second-order valence-corrected chi connectivity index (χ2v) is 4.67. The van der Waals surface area contributed by atoms with E-state index in [0.29, 0.717) is 11.6 Å². The number of rotatable bonds is 4. The molecule has 96 valence electrons. The molecule has 1 aromatic rings. The van der Waals surface area contributed by atoms with Gasteiger partial charge in [-0.2, -0.15) is 0 Å². The fraction of sp³-hybridized carbons (Fsp3) is 0.700. The lowest BCUT2D eigenvalue weighted by Gasteiger charge is -2.29. The van der Waals surface area contributed by atoms with Crippen LogP contribution in [0.3, 0.4) is 0 Å². The maximum Gasteiger partial charge on any atom is 0.406 e. The molecule has 7 heteroatoms. The van der Waals surface area contributed by atoms with E-state index in [1.807, 2.05) is 0 Å². The SMILES string of the molecule is Cc1nc([N+](=O)[O-])c(NC(C)(C)C(C)O)n1C. The van der Waals surface area contributed by atoms with Gasteiger partial charge in [-0.05, 0) is 30.7 Å². The Kier molecular flexibility index (Phi) is 3.42. The van der Waals surface area contributed by atoms with E-state index in [4.69, 9.17) is 0 Å². The molecule has 0 saturated carbocycles. The zero-order valence-corrected chi connectivity index (χ0v) is 10.7. The van der Waals surface area contributed by atoms with Gasteiger partial charge in [0.05, 0.1) is 11.6 Å². The van der Waals surface area contributed by atoms with Crippen molar-refractivity contribution in [2.24, 2.45) is 7.05 Å². The molecule has 0 bridgehead atoms. The monoisotopic (exact) mass is 242 g/mol. The highest BCUT2D eigenvalue weighted by Crippen LogP contribution is 2.27.